The zero-order valence-electron chi connectivity index (χ0n) is 13.7. The fraction of sp³-hybridized carbons (Fsp3) is 0.353. The van der Waals surface area contributed by atoms with Crippen molar-refractivity contribution in [2.24, 2.45) is 5.92 Å². The average molecular weight is 331 g/mol. The van der Waals surface area contributed by atoms with Gasteiger partial charge in [-0.15, -0.1) is 0 Å². The minimum absolute atomic E-state index is 0.0433. The second-order valence-electron chi connectivity index (χ2n) is 6.30. The van der Waals surface area contributed by atoms with Gasteiger partial charge in [0.2, 0.25) is 5.89 Å². The number of nitrogens with one attached hydrogen (secondary N) is 1. The van der Waals surface area contributed by atoms with Crippen LogP contribution in [0.2, 0.25) is 0 Å². The molecule has 2 aromatic rings. The van der Waals surface area contributed by atoms with Crippen molar-refractivity contribution in [1.82, 2.24) is 15.2 Å². The summed E-state index contributed by atoms with van der Waals surface area (Å²) < 4.78 is 18.6. The molecule has 6 nitrogen and oxygen atoms in total. The molecule has 126 valence electrons. The fourth-order valence-electron chi connectivity index (χ4n) is 2.52. The van der Waals surface area contributed by atoms with E-state index >= 15 is 0 Å². The summed E-state index contributed by atoms with van der Waals surface area (Å²) in [6, 6.07) is 5.33. The topological polar surface area (TPSA) is 75.4 Å². The molecule has 1 aromatic heterocycles. The standard InChI is InChI=1S/C17H18FN3O3/c1-10(2)17(3)15(22)21(16(23)20-17)9-14-19-8-13(24-14)11-4-6-12(18)7-5-11/h4-8,10H,9H2,1-3H3,(H,20,23). The summed E-state index contributed by atoms with van der Waals surface area (Å²) >= 11 is 0. The van der Waals surface area contributed by atoms with Gasteiger partial charge in [0.1, 0.15) is 17.9 Å². The summed E-state index contributed by atoms with van der Waals surface area (Å²) in [5.74, 6) is 0.00243. The van der Waals surface area contributed by atoms with E-state index in [1.54, 1.807) is 19.1 Å². The molecule has 1 aliphatic rings. The maximum absolute atomic E-state index is 13.0. The van der Waals surface area contributed by atoms with E-state index in [9.17, 15) is 14.0 Å². The molecule has 1 aliphatic heterocycles. The summed E-state index contributed by atoms with van der Waals surface area (Å²) in [4.78, 5) is 29.8. The Bertz CT molecular complexity index is 785. The first-order chi connectivity index (χ1) is 11.3. The predicted molar refractivity (Wildman–Crippen MR) is 84.2 cm³/mol. The minimum Gasteiger partial charge on any atom is -0.439 e. The highest BCUT2D eigenvalue weighted by molar-refractivity contribution is 6.06. The Morgan fingerprint density at radius 1 is 1.29 bits per heavy atom. The van der Waals surface area contributed by atoms with Gasteiger partial charge in [-0.25, -0.2) is 14.2 Å². The van der Waals surface area contributed by atoms with Crippen LogP contribution in [0.25, 0.3) is 11.3 Å². The molecule has 0 aliphatic carbocycles. The van der Waals surface area contributed by atoms with E-state index < -0.39 is 11.6 Å². The summed E-state index contributed by atoms with van der Waals surface area (Å²) in [6.45, 7) is 5.41. The van der Waals surface area contributed by atoms with E-state index in [0.29, 0.717) is 11.3 Å². The number of oxazole rings is 1. The summed E-state index contributed by atoms with van der Waals surface area (Å²) in [7, 11) is 0. The molecular weight excluding hydrogens is 313 g/mol. The van der Waals surface area contributed by atoms with Crippen LogP contribution in [-0.4, -0.2) is 27.4 Å². The molecule has 1 atom stereocenters. The van der Waals surface area contributed by atoms with E-state index in [4.69, 9.17) is 4.42 Å². The van der Waals surface area contributed by atoms with Crippen LogP contribution in [0.1, 0.15) is 26.7 Å². The van der Waals surface area contributed by atoms with Crippen molar-refractivity contribution in [2.45, 2.75) is 32.9 Å². The van der Waals surface area contributed by atoms with Gasteiger partial charge in [0.05, 0.1) is 6.20 Å². The first-order valence-corrected chi connectivity index (χ1v) is 7.66. The van der Waals surface area contributed by atoms with Crippen molar-refractivity contribution in [3.63, 3.8) is 0 Å². The van der Waals surface area contributed by atoms with Crippen LogP contribution in [0.4, 0.5) is 9.18 Å². The third kappa shape index (κ3) is 2.66. The van der Waals surface area contributed by atoms with E-state index in [2.05, 4.69) is 10.3 Å². The Morgan fingerprint density at radius 3 is 2.54 bits per heavy atom. The molecule has 0 radical (unpaired) electrons. The van der Waals surface area contributed by atoms with Crippen LogP contribution in [0.15, 0.2) is 34.9 Å². The fourth-order valence-corrected chi connectivity index (χ4v) is 2.52. The third-order valence-corrected chi connectivity index (χ3v) is 4.43. The number of urea groups is 1. The highest BCUT2D eigenvalue weighted by atomic mass is 19.1. The van der Waals surface area contributed by atoms with Gasteiger partial charge in [0, 0.05) is 5.56 Å². The molecule has 1 saturated heterocycles. The average Bonchev–Trinajstić information content (AvgIpc) is 3.08. The lowest BCUT2D eigenvalue weighted by Crippen LogP contribution is -2.48. The highest BCUT2D eigenvalue weighted by Gasteiger charge is 2.49. The zero-order chi connectivity index (χ0) is 17.5. The Labute approximate surface area is 138 Å². The molecule has 0 saturated carbocycles. The number of hydrogen-bond acceptors (Lipinski definition) is 4. The minimum atomic E-state index is -0.927. The van der Waals surface area contributed by atoms with Crippen LogP contribution in [0.5, 0.6) is 0 Å². The quantitative estimate of drug-likeness (QED) is 0.874. The molecular formula is C17H18FN3O3. The van der Waals surface area contributed by atoms with E-state index in [0.717, 1.165) is 4.90 Å². The number of carbonyl (C=O) groups excluding carboxylic acids is 2. The Hall–Kier alpha value is -2.70. The van der Waals surface area contributed by atoms with E-state index in [1.165, 1.54) is 18.3 Å². The van der Waals surface area contributed by atoms with E-state index in [-0.39, 0.29) is 30.1 Å². The molecule has 1 fully saturated rings. The molecule has 0 bridgehead atoms. The molecule has 1 aromatic carbocycles. The molecule has 0 spiro atoms. The number of carbonyl (C=O) groups is 2. The molecule has 3 rings (SSSR count). The normalized spacial score (nSPS) is 20.8. The van der Waals surface area contributed by atoms with E-state index in [1.807, 2.05) is 13.8 Å². The van der Waals surface area contributed by atoms with Gasteiger partial charge >= 0.3 is 6.03 Å². The van der Waals surface area contributed by atoms with Crippen molar-refractivity contribution < 1.29 is 18.4 Å². The van der Waals surface area contributed by atoms with Crippen molar-refractivity contribution in [1.29, 1.82) is 0 Å². The number of benzene rings is 1. The number of aromatic nitrogens is 1. The SMILES string of the molecule is CC(C)C1(C)NC(=O)N(Cc2ncc(-c3ccc(F)cc3)o2)C1=O. The smallest absolute Gasteiger partial charge is 0.325 e. The second kappa shape index (κ2) is 5.74. The summed E-state index contributed by atoms with van der Waals surface area (Å²) in [5, 5.41) is 2.72. The molecule has 7 heteroatoms. The molecule has 1 N–H and O–H groups in total. The first-order valence-electron chi connectivity index (χ1n) is 7.66. The lowest BCUT2D eigenvalue weighted by atomic mass is 9.88. The van der Waals surface area contributed by atoms with Crippen molar-refractivity contribution in [3.8, 4) is 11.3 Å². The van der Waals surface area contributed by atoms with Crippen LogP contribution in [0, 0.1) is 11.7 Å². The van der Waals surface area contributed by atoms with Gasteiger partial charge in [0.15, 0.2) is 5.76 Å². The lowest BCUT2D eigenvalue weighted by Gasteiger charge is -2.25. The molecule has 2 heterocycles. The maximum Gasteiger partial charge on any atom is 0.325 e. The maximum atomic E-state index is 13.0. The van der Waals surface area contributed by atoms with Crippen LogP contribution < -0.4 is 5.32 Å². The van der Waals surface area contributed by atoms with Gasteiger partial charge in [-0.3, -0.25) is 9.69 Å². The van der Waals surface area contributed by atoms with Crippen LogP contribution >= 0.6 is 0 Å². The molecule has 3 amide bonds. The van der Waals surface area contributed by atoms with Gasteiger partial charge in [-0.1, -0.05) is 13.8 Å². The largest absolute Gasteiger partial charge is 0.439 e. The predicted octanol–water partition coefficient (Wildman–Crippen LogP) is 2.95. The van der Waals surface area contributed by atoms with Crippen LogP contribution in [-0.2, 0) is 11.3 Å². The summed E-state index contributed by atoms with van der Waals surface area (Å²) in [6.07, 6.45) is 1.49. The van der Waals surface area contributed by atoms with Crippen molar-refractivity contribution in [2.75, 3.05) is 0 Å². The Morgan fingerprint density at radius 2 is 1.96 bits per heavy atom. The molecule has 1 unspecified atom stereocenters. The Kier molecular flexibility index (Phi) is 3.87. The molecule has 24 heavy (non-hydrogen) atoms. The highest BCUT2D eigenvalue weighted by Crippen LogP contribution is 2.27. The lowest BCUT2D eigenvalue weighted by molar-refractivity contribution is -0.132. The van der Waals surface area contributed by atoms with Gasteiger partial charge in [-0.2, -0.15) is 0 Å². The van der Waals surface area contributed by atoms with Gasteiger partial charge in [-0.05, 0) is 37.1 Å². The third-order valence-electron chi connectivity index (χ3n) is 4.43. The van der Waals surface area contributed by atoms with Crippen molar-refractivity contribution >= 4 is 11.9 Å². The number of imide groups is 1. The number of hydrogen-bond donors (Lipinski definition) is 1. The zero-order valence-corrected chi connectivity index (χ0v) is 13.7. The van der Waals surface area contributed by atoms with Gasteiger partial charge < -0.3 is 9.73 Å². The summed E-state index contributed by atoms with van der Waals surface area (Å²) in [5.41, 5.74) is -0.261. The first kappa shape index (κ1) is 16.2. The van der Waals surface area contributed by atoms with Gasteiger partial charge in [0.25, 0.3) is 5.91 Å². The van der Waals surface area contributed by atoms with Crippen molar-refractivity contribution in [3.05, 3.63) is 42.2 Å². The van der Waals surface area contributed by atoms with Crippen LogP contribution in [0.3, 0.4) is 0 Å². The number of rotatable bonds is 4. The monoisotopic (exact) mass is 331 g/mol. The second-order valence-corrected chi connectivity index (χ2v) is 6.30. The number of amides is 3. The number of nitrogens with zero attached hydrogens (tertiary/aromatic N) is 2. The number of halogens is 1. The Balaban J connectivity index is 1.79.